The first-order valence-electron chi connectivity index (χ1n) is 29.8. The number of hydrogen-bond donors (Lipinski definition) is 0. The average Bonchev–Trinajstić information content (AvgIpc) is 4.26. The van der Waals surface area contributed by atoms with Crippen LogP contribution in [-0.4, -0.2) is 13.7 Å². The molecule has 5 heterocycles. The molecule has 0 radical (unpaired) electrons. The molecule has 1 aliphatic carbocycles. The number of rotatable bonds is 3. The molecule has 6 nitrogen and oxygen atoms in total. The molecule has 0 amide bonds. The molecule has 1 unspecified atom stereocenters. The highest BCUT2D eigenvalue weighted by molar-refractivity contribution is 6.11. The third kappa shape index (κ3) is 14.6. The van der Waals surface area contributed by atoms with Crippen molar-refractivity contribution in [1.82, 2.24) is 13.7 Å². The molecule has 0 saturated carbocycles. The van der Waals surface area contributed by atoms with Crippen molar-refractivity contribution in [2.45, 2.75) is 137 Å². The number of hydrogen-bond acceptors (Lipinski definition) is 0. The summed E-state index contributed by atoms with van der Waals surface area (Å²) >= 11 is 0. The molecular weight excluding hydrogens is 961 g/mol. The Kier molecular flexibility index (Phi) is 30.0. The maximum atomic E-state index is 2.36. The molecule has 79 heavy (non-hydrogen) atoms. The lowest BCUT2D eigenvalue weighted by Crippen LogP contribution is -2.34. The normalized spacial score (nSPS) is 10.8. The van der Waals surface area contributed by atoms with E-state index in [4.69, 9.17) is 0 Å². The van der Waals surface area contributed by atoms with E-state index in [9.17, 15) is 0 Å². The summed E-state index contributed by atoms with van der Waals surface area (Å²) in [6.45, 7) is 38.6. The van der Waals surface area contributed by atoms with Crippen LogP contribution in [0.4, 0.5) is 0 Å². The molecule has 11 aromatic rings. The maximum Gasteiger partial charge on any atom is 0.369 e. The van der Waals surface area contributed by atoms with Crippen LogP contribution in [-0.2, 0) is 28.2 Å². The van der Waals surface area contributed by atoms with Gasteiger partial charge in [-0.05, 0) is 90.6 Å². The van der Waals surface area contributed by atoms with Crippen LogP contribution in [0.3, 0.4) is 0 Å². The Morgan fingerprint density at radius 3 is 1.28 bits per heavy atom. The van der Waals surface area contributed by atoms with E-state index >= 15 is 0 Å². The first-order valence-corrected chi connectivity index (χ1v) is 29.8. The summed E-state index contributed by atoms with van der Waals surface area (Å²) in [5.74, 6) is 2.68. The molecule has 6 aromatic carbocycles. The highest BCUT2D eigenvalue weighted by Gasteiger charge is 2.37. The highest BCUT2D eigenvalue weighted by atomic mass is 15.3. The molecule has 0 bridgehead atoms. The fourth-order valence-corrected chi connectivity index (χ4v) is 10.0. The van der Waals surface area contributed by atoms with Gasteiger partial charge in [0.2, 0.25) is 5.69 Å². The zero-order valence-corrected chi connectivity index (χ0v) is 53.2. The van der Waals surface area contributed by atoms with Gasteiger partial charge in [0.05, 0.1) is 51.2 Å². The van der Waals surface area contributed by atoms with Crippen molar-refractivity contribution < 1.29 is 13.7 Å². The van der Waals surface area contributed by atoms with E-state index in [1.54, 1.807) is 0 Å². The minimum atomic E-state index is 0.337. The van der Waals surface area contributed by atoms with Crippen molar-refractivity contribution >= 4 is 43.6 Å². The van der Waals surface area contributed by atoms with E-state index in [0.29, 0.717) is 5.92 Å². The summed E-state index contributed by atoms with van der Waals surface area (Å²) < 4.78 is 13.5. The van der Waals surface area contributed by atoms with Gasteiger partial charge in [-0.1, -0.05) is 226 Å². The number of nitrogens with zero attached hydrogens (tertiary/aromatic N) is 6. The SMILES string of the molecule is CC.CC.CC.CC.CC.CC.CC.CC.Cc1cccc2c3ccccc3n(-c3cccc[n+]3C)c12.Cc1cccc2c3ccccc3n(-c3n(C)cc[n+]3C)c12.Cc1ccccc1C1c2ccccc2-c2ccc[n+](C)c21. The lowest BCUT2D eigenvalue weighted by molar-refractivity contribution is -0.678. The zero-order valence-electron chi connectivity index (χ0n) is 53.2. The van der Waals surface area contributed by atoms with Gasteiger partial charge in [-0.2, -0.15) is 9.13 Å². The molecule has 0 spiro atoms. The minimum Gasteiger partial charge on any atom is -0.237 e. The lowest BCUT2D eigenvalue weighted by atomic mass is 9.89. The Labute approximate surface area is 479 Å². The Morgan fingerprint density at radius 2 is 0.759 bits per heavy atom. The number of aromatic nitrogens is 6. The van der Waals surface area contributed by atoms with Crippen LogP contribution in [0.1, 0.15) is 150 Å². The molecule has 0 aliphatic heterocycles. The van der Waals surface area contributed by atoms with Crippen molar-refractivity contribution in [2.24, 2.45) is 28.2 Å². The van der Waals surface area contributed by atoms with Crippen LogP contribution < -0.4 is 13.7 Å². The Morgan fingerprint density at radius 1 is 0.342 bits per heavy atom. The fourth-order valence-electron chi connectivity index (χ4n) is 10.0. The minimum absolute atomic E-state index is 0.337. The van der Waals surface area contributed by atoms with Gasteiger partial charge in [0.25, 0.3) is 5.82 Å². The summed E-state index contributed by atoms with van der Waals surface area (Å²) in [6, 6.07) is 58.5. The van der Waals surface area contributed by atoms with E-state index in [-0.39, 0.29) is 0 Å². The molecule has 0 N–H and O–H groups in total. The second kappa shape index (κ2) is 35.0. The van der Waals surface area contributed by atoms with E-state index < -0.39 is 0 Å². The summed E-state index contributed by atoms with van der Waals surface area (Å²) in [5.41, 5.74) is 16.0. The molecule has 6 heteroatoms. The second-order valence-corrected chi connectivity index (χ2v) is 16.9. The summed E-state index contributed by atoms with van der Waals surface area (Å²) in [6.07, 6.45) is 8.42. The van der Waals surface area contributed by atoms with Gasteiger partial charge in [-0.25, -0.2) is 18.3 Å². The fraction of sp³-hybridized carbons (Fsp3) is 0.329. The van der Waals surface area contributed by atoms with Crippen LogP contribution in [0.15, 0.2) is 189 Å². The van der Waals surface area contributed by atoms with Crippen LogP contribution in [0, 0.1) is 20.8 Å². The van der Waals surface area contributed by atoms with Gasteiger partial charge in [0, 0.05) is 33.7 Å². The smallest absolute Gasteiger partial charge is 0.237 e. The summed E-state index contributed by atoms with van der Waals surface area (Å²) in [7, 11) is 8.42. The number of pyridine rings is 2. The first-order chi connectivity index (χ1) is 38.7. The molecule has 12 rings (SSSR count). The molecule has 420 valence electrons. The number of para-hydroxylation sites is 4. The standard InChI is InChI=1S/C20H18N.C19H17N2.C18H18N3.8C2H6/c1-14-8-3-4-9-15(14)19-17-11-6-5-10-16(17)18-12-7-13-21(2)20(18)19;1-14-8-7-10-16-15-9-3-4-11-17(15)21(19(14)16)18-12-5-6-13-20(18)2;1-13-7-6-9-15-14-8-4-5-10-16(14)21(17(13)15)18-19(2)11-12-20(18)3;8*1-2/h3-13,19H,1-2H3;3-13H,1-2H3;4-12H,1-3H3;8*1-2H3/q3*+1;;;;;;;;. The van der Waals surface area contributed by atoms with E-state index in [2.05, 4.69) is 265 Å². The number of aryl methyl sites for hydroxylation is 7. The van der Waals surface area contributed by atoms with Crippen LogP contribution in [0.25, 0.3) is 66.5 Å². The molecule has 0 saturated heterocycles. The second-order valence-electron chi connectivity index (χ2n) is 16.9. The largest absolute Gasteiger partial charge is 0.369 e. The van der Waals surface area contributed by atoms with Crippen LogP contribution >= 0.6 is 0 Å². The summed E-state index contributed by atoms with van der Waals surface area (Å²) in [4.78, 5) is 0. The van der Waals surface area contributed by atoms with Gasteiger partial charge in [0.1, 0.15) is 29.1 Å². The van der Waals surface area contributed by atoms with Gasteiger partial charge in [0.15, 0.2) is 6.20 Å². The topological polar surface area (TPSA) is 26.4 Å². The predicted molar refractivity (Wildman–Crippen MR) is 348 cm³/mol. The van der Waals surface area contributed by atoms with E-state index in [1.165, 1.54) is 94.1 Å². The zero-order chi connectivity index (χ0) is 59.4. The van der Waals surface area contributed by atoms with Gasteiger partial charge in [-0.3, -0.25) is 0 Å². The van der Waals surface area contributed by atoms with Crippen LogP contribution in [0.2, 0.25) is 0 Å². The van der Waals surface area contributed by atoms with Crippen molar-refractivity contribution in [3.8, 4) is 22.9 Å². The Bertz CT molecular complexity index is 3490. The molecule has 5 aromatic heterocycles. The average molecular weight is 1060 g/mol. The predicted octanol–water partition coefficient (Wildman–Crippen LogP) is 19.4. The van der Waals surface area contributed by atoms with Crippen molar-refractivity contribution in [2.75, 3.05) is 0 Å². The van der Waals surface area contributed by atoms with Crippen molar-refractivity contribution in [3.05, 3.63) is 222 Å². The molecule has 0 fully saturated rings. The van der Waals surface area contributed by atoms with Gasteiger partial charge >= 0.3 is 5.95 Å². The summed E-state index contributed by atoms with van der Waals surface area (Å²) in [5, 5.41) is 5.23. The lowest BCUT2D eigenvalue weighted by Gasteiger charge is -2.14. The van der Waals surface area contributed by atoms with E-state index in [1.807, 2.05) is 111 Å². The number of fused-ring (bicyclic) bond motifs is 9. The van der Waals surface area contributed by atoms with Crippen LogP contribution in [0.5, 0.6) is 0 Å². The third-order valence-corrected chi connectivity index (χ3v) is 13.0. The molecule has 1 atom stereocenters. The van der Waals surface area contributed by atoms with Crippen molar-refractivity contribution in [3.63, 3.8) is 0 Å². The Balaban J connectivity index is 0.000000359. The molecular formula is C73H101N6+3. The number of benzene rings is 6. The molecule has 1 aliphatic rings. The quantitative estimate of drug-likeness (QED) is 0.158. The van der Waals surface area contributed by atoms with Gasteiger partial charge < -0.3 is 0 Å². The van der Waals surface area contributed by atoms with E-state index in [0.717, 1.165) is 5.95 Å². The van der Waals surface area contributed by atoms with Gasteiger partial charge in [-0.15, -0.1) is 0 Å². The number of imidazole rings is 1. The highest BCUT2D eigenvalue weighted by Crippen LogP contribution is 2.46. The Hall–Kier alpha value is -7.57. The monoisotopic (exact) mass is 1060 g/mol. The van der Waals surface area contributed by atoms with Crippen molar-refractivity contribution in [1.29, 1.82) is 0 Å². The first kappa shape index (κ1) is 67.5. The third-order valence-electron chi connectivity index (χ3n) is 13.0. The maximum absolute atomic E-state index is 2.36.